The second kappa shape index (κ2) is 5.37. The van der Waals surface area contributed by atoms with Crippen LogP contribution in [0.5, 0.6) is 0 Å². The molecule has 0 fully saturated rings. The van der Waals surface area contributed by atoms with E-state index in [2.05, 4.69) is 43.3 Å². The van der Waals surface area contributed by atoms with Crippen LogP contribution in [0.25, 0.3) is 10.8 Å². The van der Waals surface area contributed by atoms with Crippen molar-refractivity contribution in [1.29, 1.82) is 0 Å². The Morgan fingerprint density at radius 3 is 2.50 bits per heavy atom. The summed E-state index contributed by atoms with van der Waals surface area (Å²) in [5, 5.41) is 2.63. The van der Waals surface area contributed by atoms with Gasteiger partial charge in [-0.3, -0.25) is 0 Å². The van der Waals surface area contributed by atoms with Gasteiger partial charge < -0.3 is 5.73 Å². The lowest BCUT2D eigenvalue weighted by Crippen LogP contribution is -1.97. The highest BCUT2D eigenvalue weighted by Crippen LogP contribution is 2.30. The largest absolute Gasteiger partial charge is 0.326 e. The van der Waals surface area contributed by atoms with Gasteiger partial charge in [-0.1, -0.05) is 37.3 Å². The number of nitrogens with two attached hydrogens (primary N) is 1. The summed E-state index contributed by atoms with van der Waals surface area (Å²) < 4.78 is 0. The van der Waals surface area contributed by atoms with Crippen LogP contribution in [-0.4, -0.2) is 5.75 Å². The molecule has 0 saturated heterocycles. The fourth-order valence-electron chi connectivity index (χ4n) is 1.85. The molecule has 2 rings (SSSR count). The third-order valence-corrected chi connectivity index (χ3v) is 3.94. The molecule has 0 atom stereocenters. The number of rotatable bonds is 4. The number of benzene rings is 2. The van der Waals surface area contributed by atoms with Crippen molar-refractivity contribution in [3.8, 4) is 0 Å². The van der Waals surface area contributed by atoms with Crippen molar-refractivity contribution in [2.24, 2.45) is 5.73 Å². The van der Waals surface area contributed by atoms with Crippen LogP contribution in [0.15, 0.2) is 41.3 Å². The third-order valence-electron chi connectivity index (χ3n) is 2.66. The van der Waals surface area contributed by atoms with Crippen LogP contribution in [0.4, 0.5) is 0 Å². The van der Waals surface area contributed by atoms with Crippen molar-refractivity contribution >= 4 is 22.5 Å². The normalized spacial score (nSPS) is 10.9. The fraction of sp³-hybridized carbons (Fsp3) is 0.286. The summed E-state index contributed by atoms with van der Waals surface area (Å²) in [6.45, 7) is 2.82. The maximum Gasteiger partial charge on any atom is 0.0184 e. The van der Waals surface area contributed by atoms with Crippen LogP contribution in [0.3, 0.4) is 0 Å². The van der Waals surface area contributed by atoms with E-state index in [9.17, 15) is 0 Å². The van der Waals surface area contributed by atoms with Gasteiger partial charge in [0.2, 0.25) is 0 Å². The molecule has 16 heavy (non-hydrogen) atoms. The first-order valence-corrected chi connectivity index (χ1v) is 6.69. The van der Waals surface area contributed by atoms with Crippen LogP contribution in [0.2, 0.25) is 0 Å². The Balaban J connectivity index is 2.51. The highest BCUT2D eigenvalue weighted by Gasteiger charge is 2.04. The molecule has 0 bridgehead atoms. The van der Waals surface area contributed by atoms with E-state index in [-0.39, 0.29) is 0 Å². The van der Waals surface area contributed by atoms with Gasteiger partial charge >= 0.3 is 0 Å². The molecule has 0 unspecified atom stereocenters. The average Bonchev–Trinajstić information content (AvgIpc) is 2.36. The van der Waals surface area contributed by atoms with E-state index >= 15 is 0 Å². The summed E-state index contributed by atoms with van der Waals surface area (Å²) in [6.07, 6.45) is 1.21. The number of fused-ring (bicyclic) bond motifs is 1. The molecule has 2 aromatic rings. The molecule has 0 aromatic heterocycles. The van der Waals surface area contributed by atoms with E-state index < -0.39 is 0 Å². The Hall–Kier alpha value is -0.990. The second-order valence-electron chi connectivity index (χ2n) is 3.82. The zero-order valence-corrected chi connectivity index (χ0v) is 10.4. The monoisotopic (exact) mass is 231 g/mol. The number of hydrogen-bond acceptors (Lipinski definition) is 2. The number of hydrogen-bond donors (Lipinski definition) is 1. The van der Waals surface area contributed by atoms with Gasteiger partial charge in [0.05, 0.1) is 0 Å². The lowest BCUT2D eigenvalue weighted by atomic mass is 10.0. The predicted octanol–water partition coefficient (Wildman–Crippen LogP) is 3.80. The van der Waals surface area contributed by atoms with Gasteiger partial charge in [-0.05, 0) is 34.6 Å². The van der Waals surface area contributed by atoms with Gasteiger partial charge in [0, 0.05) is 11.4 Å². The Bertz CT molecular complexity index is 479. The first kappa shape index (κ1) is 11.5. The number of thioether (sulfide) groups is 1. The zero-order valence-electron chi connectivity index (χ0n) is 9.57. The third kappa shape index (κ3) is 2.23. The van der Waals surface area contributed by atoms with Gasteiger partial charge in [0.25, 0.3) is 0 Å². The Kier molecular flexibility index (Phi) is 3.86. The fourth-order valence-corrected chi connectivity index (χ4v) is 2.77. The van der Waals surface area contributed by atoms with Crippen molar-refractivity contribution in [1.82, 2.24) is 0 Å². The Morgan fingerprint density at radius 2 is 1.81 bits per heavy atom. The smallest absolute Gasteiger partial charge is 0.0184 e. The molecule has 0 aliphatic heterocycles. The van der Waals surface area contributed by atoms with Crippen LogP contribution in [-0.2, 0) is 6.54 Å². The van der Waals surface area contributed by atoms with E-state index in [1.807, 2.05) is 11.8 Å². The molecule has 0 heterocycles. The van der Waals surface area contributed by atoms with Gasteiger partial charge in [0.1, 0.15) is 0 Å². The second-order valence-corrected chi connectivity index (χ2v) is 4.96. The molecule has 84 valence electrons. The van der Waals surface area contributed by atoms with Crippen LogP contribution in [0.1, 0.15) is 18.9 Å². The van der Waals surface area contributed by atoms with Gasteiger partial charge in [-0.25, -0.2) is 0 Å². The van der Waals surface area contributed by atoms with Crippen molar-refractivity contribution in [3.63, 3.8) is 0 Å². The summed E-state index contributed by atoms with van der Waals surface area (Å²) >= 11 is 1.93. The highest BCUT2D eigenvalue weighted by atomic mass is 32.2. The van der Waals surface area contributed by atoms with Crippen molar-refractivity contribution in [3.05, 3.63) is 42.0 Å². The van der Waals surface area contributed by atoms with Crippen molar-refractivity contribution in [2.75, 3.05) is 5.75 Å². The van der Waals surface area contributed by atoms with Crippen LogP contribution >= 0.6 is 11.8 Å². The molecule has 0 spiro atoms. The van der Waals surface area contributed by atoms with E-state index in [4.69, 9.17) is 5.73 Å². The standard InChI is InChI=1S/C14H17NS/c1-2-9-16-14-8-7-11(10-15)12-5-3-4-6-13(12)14/h3-8H,2,9-10,15H2,1H3. The quantitative estimate of drug-likeness (QED) is 0.810. The molecule has 0 amide bonds. The minimum Gasteiger partial charge on any atom is -0.326 e. The van der Waals surface area contributed by atoms with E-state index in [1.165, 1.54) is 33.4 Å². The van der Waals surface area contributed by atoms with E-state index in [0.717, 1.165) is 0 Å². The van der Waals surface area contributed by atoms with E-state index in [0.29, 0.717) is 6.54 Å². The SMILES string of the molecule is CCCSc1ccc(CN)c2ccccc12. The molecule has 0 aliphatic carbocycles. The summed E-state index contributed by atoms with van der Waals surface area (Å²) in [4.78, 5) is 1.37. The van der Waals surface area contributed by atoms with Gasteiger partial charge in [0.15, 0.2) is 0 Å². The topological polar surface area (TPSA) is 26.0 Å². The summed E-state index contributed by atoms with van der Waals surface area (Å²) in [6, 6.07) is 12.9. The van der Waals surface area contributed by atoms with E-state index in [1.54, 1.807) is 0 Å². The molecule has 0 radical (unpaired) electrons. The van der Waals surface area contributed by atoms with Crippen molar-refractivity contribution in [2.45, 2.75) is 24.8 Å². The maximum atomic E-state index is 5.76. The lowest BCUT2D eigenvalue weighted by molar-refractivity contribution is 1.08. The Labute approximate surface area is 101 Å². The van der Waals surface area contributed by atoms with Crippen molar-refractivity contribution < 1.29 is 0 Å². The first-order valence-electron chi connectivity index (χ1n) is 5.70. The summed E-state index contributed by atoms with van der Waals surface area (Å²) in [5.41, 5.74) is 6.99. The Morgan fingerprint density at radius 1 is 1.06 bits per heavy atom. The molecule has 2 N–H and O–H groups in total. The maximum absolute atomic E-state index is 5.76. The molecule has 0 aliphatic rings. The minimum atomic E-state index is 0.610. The lowest BCUT2D eigenvalue weighted by Gasteiger charge is -2.09. The molecule has 0 saturated carbocycles. The zero-order chi connectivity index (χ0) is 11.4. The average molecular weight is 231 g/mol. The van der Waals surface area contributed by atoms with Crippen LogP contribution < -0.4 is 5.73 Å². The summed E-state index contributed by atoms with van der Waals surface area (Å²) in [7, 11) is 0. The molecule has 2 aromatic carbocycles. The van der Waals surface area contributed by atoms with Crippen LogP contribution in [0, 0.1) is 0 Å². The molecular formula is C14H17NS. The van der Waals surface area contributed by atoms with Gasteiger partial charge in [-0.2, -0.15) is 0 Å². The molecule has 2 heteroatoms. The highest BCUT2D eigenvalue weighted by molar-refractivity contribution is 7.99. The molecular weight excluding hydrogens is 214 g/mol. The van der Waals surface area contributed by atoms with Gasteiger partial charge in [-0.15, -0.1) is 11.8 Å². The predicted molar refractivity (Wildman–Crippen MR) is 72.9 cm³/mol. The summed E-state index contributed by atoms with van der Waals surface area (Å²) in [5.74, 6) is 1.17. The minimum absolute atomic E-state index is 0.610. The molecule has 1 nitrogen and oxygen atoms in total. The first-order chi connectivity index (χ1) is 7.86.